The summed E-state index contributed by atoms with van der Waals surface area (Å²) in [7, 11) is 0. The molecule has 1 aromatic heterocycles. The molecule has 0 spiro atoms. The molecule has 1 aromatic rings. The van der Waals surface area contributed by atoms with Crippen LogP contribution in [0.2, 0.25) is 0 Å². The first-order chi connectivity index (χ1) is 8.83. The molecule has 8 heteroatoms. The van der Waals surface area contributed by atoms with Gasteiger partial charge in [-0.1, -0.05) is 5.16 Å². The van der Waals surface area contributed by atoms with E-state index in [1.54, 1.807) is 0 Å². The number of hydrogen-bond donors (Lipinski definition) is 1. The molecule has 2 heterocycles. The highest BCUT2D eigenvalue weighted by atomic mass is 127. The number of nitrogens with zero attached hydrogens (tertiary/aromatic N) is 4. The lowest BCUT2D eigenvalue weighted by molar-refractivity contribution is 0.0674. The zero-order chi connectivity index (χ0) is 12.4. The number of aliphatic imine (C=N–C) groups is 1. The number of aromatic nitrogens is 2. The Hall–Kier alpha value is -0.900. The van der Waals surface area contributed by atoms with Crippen molar-refractivity contribution in [3.8, 4) is 0 Å². The Balaban J connectivity index is 0.00000133. The maximum absolute atomic E-state index is 5.91. The van der Waals surface area contributed by atoms with Gasteiger partial charge in [-0.05, 0) is 12.8 Å². The largest absolute Gasteiger partial charge is 0.378 e. The van der Waals surface area contributed by atoms with Crippen LogP contribution in [0.4, 0.5) is 0 Å². The summed E-state index contributed by atoms with van der Waals surface area (Å²) in [6.07, 6.45) is 2.31. The van der Waals surface area contributed by atoms with Gasteiger partial charge in [0.1, 0.15) is 6.54 Å². The van der Waals surface area contributed by atoms with Crippen LogP contribution >= 0.6 is 24.0 Å². The van der Waals surface area contributed by atoms with Gasteiger partial charge in [0, 0.05) is 19.0 Å². The fraction of sp³-hybridized carbons (Fsp3) is 0.727. The molecule has 1 aliphatic carbocycles. The zero-order valence-electron chi connectivity index (χ0n) is 10.6. The van der Waals surface area contributed by atoms with Gasteiger partial charge in [0.25, 0.3) is 0 Å². The fourth-order valence-corrected chi connectivity index (χ4v) is 1.87. The van der Waals surface area contributed by atoms with Crippen molar-refractivity contribution in [2.75, 3.05) is 26.3 Å². The van der Waals surface area contributed by atoms with E-state index in [4.69, 9.17) is 15.0 Å². The van der Waals surface area contributed by atoms with Crippen LogP contribution in [0.5, 0.6) is 0 Å². The molecule has 0 aromatic carbocycles. The molecule has 106 valence electrons. The van der Waals surface area contributed by atoms with Gasteiger partial charge in [0.05, 0.1) is 13.2 Å². The van der Waals surface area contributed by atoms with Gasteiger partial charge < -0.3 is 19.9 Å². The highest BCUT2D eigenvalue weighted by molar-refractivity contribution is 14.0. The van der Waals surface area contributed by atoms with Gasteiger partial charge in [0.15, 0.2) is 11.8 Å². The summed E-state index contributed by atoms with van der Waals surface area (Å²) in [5.74, 6) is 2.35. The predicted molar refractivity (Wildman–Crippen MR) is 79.4 cm³/mol. The molecule has 0 unspecified atom stereocenters. The first-order valence-corrected chi connectivity index (χ1v) is 6.28. The summed E-state index contributed by atoms with van der Waals surface area (Å²) in [5.41, 5.74) is 5.91. The number of ether oxygens (including phenoxy) is 1. The van der Waals surface area contributed by atoms with Crippen molar-refractivity contribution in [3.63, 3.8) is 0 Å². The van der Waals surface area contributed by atoms with Crippen LogP contribution in [-0.2, 0) is 11.3 Å². The molecule has 0 amide bonds. The first-order valence-electron chi connectivity index (χ1n) is 6.28. The molecule has 2 N–H and O–H groups in total. The van der Waals surface area contributed by atoms with E-state index in [9.17, 15) is 0 Å². The molecule has 0 atom stereocenters. The van der Waals surface area contributed by atoms with E-state index in [-0.39, 0.29) is 24.0 Å². The standard InChI is InChI=1S/C11H17N5O2.HI/c12-11(16-3-5-17-6-4-16)13-7-9-14-10(18-15-9)8-1-2-8;/h8H,1-7H2,(H2,12,13);1H. The van der Waals surface area contributed by atoms with E-state index >= 15 is 0 Å². The van der Waals surface area contributed by atoms with Crippen LogP contribution in [-0.4, -0.2) is 47.3 Å². The third-order valence-electron chi connectivity index (χ3n) is 3.13. The molecule has 1 saturated heterocycles. The Morgan fingerprint density at radius 1 is 1.37 bits per heavy atom. The van der Waals surface area contributed by atoms with Crippen molar-refractivity contribution < 1.29 is 9.26 Å². The minimum atomic E-state index is 0. The van der Waals surface area contributed by atoms with E-state index in [1.165, 1.54) is 0 Å². The van der Waals surface area contributed by atoms with Gasteiger partial charge >= 0.3 is 0 Å². The van der Waals surface area contributed by atoms with Gasteiger partial charge in [-0.15, -0.1) is 24.0 Å². The van der Waals surface area contributed by atoms with E-state index in [2.05, 4.69) is 15.1 Å². The topological polar surface area (TPSA) is 89.8 Å². The Kier molecular flexibility index (Phi) is 4.97. The SMILES string of the molecule is I.NC(=NCc1noc(C2CC2)n1)N1CCOCC1. The molecule has 7 nitrogen and oxygen atoms in total. The minimum absolute atomic E-state index is 0. The second-order valence-electron chi connectivity index (χ2n) is 4.60. The number of halogens is 1. The monoisotopic (exact) mass is 379 g/mol. The molecular formula is C11H18IN5O2. The molecule has 19 heavy (non-hydrogen) atoms. The second kappa shape index (κ2) is 6.51. The van der Waals surface area contributed by atoms with E-state index in [1.807, 2.05) is 4.90 Å². The quantitative estimate of drug-likeness (QED) is 0.473. The van der Waals surface area contributed by atoms with Crippen LogP contribution < -0.4 is 5.73 Å². The number of hydrogen-bond acceptors (Lipinski definition) is 5. The molecule has 1 aliphatic heterocycles. The molecule has 0 radical (unpaired) electrons. The van der Waals surface area contributed by atoms with Crippen LogP contribution in [0.15, 0.2) is 9.52 Å². The summed E-state index contributed by atoms with van der Waals surface area (Å²) in [5, 5.41) is 3.90. The van der Waals surface area contributed by atoms with Crippen molar-refractivity contribution in [2.45, 2.75) is 25.3 Å². The highest BCUT2D eigenvalue weighted by Crippen LogP contribution is 2.38. The lowest BCUT2D eigenvalue weighted by atomic mass is 10.4. The van der Waals surface area contributed by atoms with Crippen molar-refractivity contribution in [3.05, 3.63) is 11.7 Å². The molecule has 2 fully saturated rings. The van der Waals surface area contributed by atoms with Crippen molar-refractivity contribution in [2.24, 2.45) is 10.7 Å². The maximum Gasteiger partial charge on any atom is 0.229 e. The normalized spacial score (nSPS) is 20.2. The first kappa shape index (κ1) is 14.5. The lowest BCUT2D eigenvalue weighted by Gasteiger charge is -2.27. The summed E-state index contributed by atoms with van der Waals surface area (Å²) in [6, 6.07) is 0. The number of nitrogens with two attached hydrogens (primary N) is 1. The smallest absolute Gasteiger partial charge is 0.229 e. The molecular weight excluding hydrogens is 361 g/mol. The molecule has 3 rings (SSSR count). The highest BCUT2D eigenvalue weighted by Gasteiger charge is 2.29. The van der Waals surface area contributed by atoms with Crippen LogP contribution in [0, 0.1) is 0 Å². The Morgan fingerprint density at radius 2 is 2.11 bits per heavy atom. The third kappa shape index (κ3) is 3.78. The van der Waals surface area contributed by atoms with E-state index < -0.39 is 0 Å². The molecule has 0 bridgehead atoms. The summed E-state index contributed by atoms with van der Waals surface area (Å²) in [4.78, 5) is 10.6. The Morgan fingerprint density at radius 3 is 2.79 bits per heavy atom. The van der Waals surface area contributed by atoms with Crippen molar-refractivity contribution in [1.82, 2.24) is 15.0 Å². The predicted octanol–water partition coefficient (Wildman–Crippen LogP) is 0.712. The van der Waals surface area contributed by atoms with E-state index in [0.717, 1.165) is 31.8 Å². The second-order valence-corrected chi connectivity index (χ2v) is 4.60. The Labute approximate surface area is 128 Å². The third-order valence-corrected chi connectivity index (χ3v) is 3.13. The molecule has 1 saturated carbocycles. The van der Waals surface area contributed by atoms with Crippen molar-refractivity contribution in [1.29, 1.82) is 0 Å². The van der Waals surface area contributed by atoms with Crippen molar-refractivity contribution >= 4 is 29.9 Å². The van der Waals surface area contributed by atoms with Gasteiger partial charge in [-0.3, -0.25) is 0 Å². The molecule has 2 aliphatic rings. The summed E-state index contributed by atoms with van der Waals surface area (Å²) in [6.45, 7) is 3.34. The average Bonchev–Trinajstić information content (AvgIpc) is 3.16. The van der Waals surface area contributed by atoms with Crippen LogP contribution in [0.3, 0.4) is 0 Å². The average molecular weight is 379 g/mol. The van der Waals surface area contributed by atoms with Crippen LogP contribution in [0.25, 0.3) is 0 Å². The number of morpholine rings is 1. The van der Waals surface area contributed by atoms with Gasteiger partial charge in [-0.25, -0.2) is 4.99 Å². The fourth-order valence-electron chi connectivity index (χ4n) is 1.87. The summed E-state index contributed by atoms with van der Waals surface area (Å²) >= 11 is 0. The van der Waals surface area contributed by atoms with E-state index in [0.29, 0.717) is 37.5 Å². The Bertz CT molecular complexity index is 440. The summed E-state index contributed by atoms with van der Waals surface area (Å²) < 4.78 is 10.4. The van der Waals surface area contributed by atoms with Gasteiger partial charge in [-0.2, -0.15) is 4.98 Å². The zero-order valence-corrected chi connectivity index (χ0v) is 12.9. The number of rotatable bonds is 3. The lowest BCUT2D eigenvalue weighted by Crippen LogP contribution is -2.44. The van der Waals surface area contributed by atoms with Crippen LogP contribution in [0.1, 0.15) is 30.5 Å². The number of guanidine groups is 1. The maximum atomic E-state index is 5.91. The minimum Gasteiger partial charge on any atom is -0.378 e. The van der Waals surface area contributed by atoms with Gasteiger partial charge in [0.2, 0.25) is 5.89 Å².